The summed E-state index contributed by atoms with van der Waals surface area (Å²) in [6.07, 6.45) is 6.24. The molecular weight excluding hydrogens is 504 g/mol. The van der Waals surface area contributed by atoms with Gasteiger partial charge in [-0.3, -0.25) is 9.59 Å². The van der Waals surface area contributed by atoms with E-state index in [0.29, 0.717) is 11.8 Å². The van der Waals surface area contributed by atoms with E-state index in [2.05, 4.69) is 45.7 Å². The average molecular weight is 532 g/mol. The van der Waals surface area contributed by atoms with Gasteiger partial charge in [0.2, 0.25) is 0 Å². The van der Waals surface area contributed by atoms with Crippen molar-refractivity contribution in [1.29, 1.82) is 0 Å². The van der Waals surface area contributed by atoms with Gasteiger partial charge in [-0.25, -0.2) is 0 Å². The SMILES string of the molecule is CCC(CCC(CC)CC(Br)C(=O)OC)CC(Br)C(=O)OC.O=C=O.O=C=O. The number of methoxy groups -OCH3 is 2. The molecule has 0 saturated heterocycles. The molecule has 0 aliphatic rings. The van der Waals surface area contributed by atoms with Crippen molar-refractivity contribution in [2.24, 2.45) is 11.8 Å². The van der Waals surface area contributed by atoms with Crippen LogP contribution in [0, 0.1) is 11.8 Å². The van der Waals surface area contributed by atoms with Crippen LogP contribution < -0.4 is 0 Å². The standard InChI is InChI=1S/C16H28Br2O4.2CO2/c1-5-11(9-13(17)15(19)21-3)7-8-12(6-2)10-14(18)16(20)22-4;2*2-1-3/h11-14H,5-10H2,1-4H3;;. The lowest BCUT2D eigenvalue weighted by molar-refractivity contribution is -0.193. The highest BCUT2D eigenvalue weighted by Crippen LogP contribution is 2.28. The van der Waals surface area contributed by atoms with Gasteiger partial charge in [0, 0.05) is 0 Å². The summed E-state index contributed by atoms with van der Waals surface area (Å²) >= 11 is 6.79. The Kier molecular flexibility index (Phi) is 24.6. The maximum Gasteiger partial charge on any atom is 0.373 e. The lowest BCUT2D eigenvalue weighted by atomic mass is 9.87. The van der Waals surface area contributed by atoms with Crippen LogP contribution in [-0.2, 0) is 38.2 Å². The van der Waals surface area contributed by atoms with Crippen LogP contribution in [-0.4, -0.2) is 48.1 Å². The maximum atomic E-state index is 11.5. The molecule has 0 fully saturated rings. The number of ether oxygens (including phenoxy) is 2. The van der Waals surface area contributed by atoms with Gasteiger partial charge >= 0.3 is 24.2 Å². The largest absolute Gasteiger partial charge is 0.468 e. The molecule has 0 radical (unpaired) electrons. The molecule has 0 aromatic heterocycles. The number of carbonyl (C=O) groups excluding carboxylic acids is 6. The lowest BCUT2D eigenvalue weighted by Gasteiger charge is -2.22. The Morgan fingerprint density at radius 2 is 1.00 bits per heavy atom. The summed E-state index contributed by atoms with van der Waals surface area (Å²) < 4.78 is 9.50. The number of hydrogen-bond acceptors (Lipinski definition) is 8. The van der Waals surface area contributed by atoms with E-state index in [1.807, 2.05) is 0 Å². The molecule has 10 heteroatoms. The van der Waals surface area contributed by atoms with Gasteiger partial charge in [-0.1, -0.05) is 71.4 Å². The normalized spacial score (nSPS) is 13.5. The summed E-state index contributed by atoms with van der Waals surface area (Å²) in [6, 6.07) is 0. The third-order valence-corrected chi connectivity index (χ3v) is 5.63. The molecule has 0 aromatic rings. The Bertz CT molecular complexity index is 442. The molecule has 8 nitrogen and oxygen atoms in total. The smallest absolute Gasteiger partial charge is 0.373 e. The zero-order valence-corrected chi connectivity index (χ0v) is 19.7. The van der Waals surface area contributed by atoms with Gasteiger partial charge in [0.05, 0.1) is 14.2 Å². The van der Waals surface area contributed by atoms with Crippen molar-refractivity contribution in [1.82, 2.24) is 0 Å². The molecule has 0 rings (SSSR count). The second kappa shape index (κ2) is 22.0. The summed E-state index contributed by atoms with van der Waals surface area (Å²) in [5, 5.41) is 0. The first-order chi connectivity index (χ1) is 13.2. The van der Waals surface area contributed by atoms with Gasteiger partial charge in [0.1, 0.15) is 9.65 Å². The van der Waals surface area contributed by atoms with Crippen LogP contribution in [0.15, 0.2) is 0 Å². The molecule has 4 unspecified atom stereocenters. The van der Waals surface area contributed by atoms with E-state index in [-0.39, 0.29) is 33.9 Å². The van der Waals surface area contributed by atoms with Gasteiger partial charge < -0.3 is 9.47 Å². The number of carbonyl (C=O) groups is 2. The monoisotopic (exact) mass is 530 g/mol. The zero-order chi connectivity index (χ0) is 22.5. The van der Waals surface area contributed by atoms with Crippen molar-refractivity contribution in [2.45, 2.75) is 62.0 Å². The Balaban J connectivity index is -0.000000915. The fourth-order valence-corrected chi connectivity index (χ4v) is 3.91. The lowest BCUT2D eigenvalue weighted by Crippen LogP contribution is -2.21. The number of rotatable bonds is 11. The third kappa shape index (κ3) is 18.0. The van der Waals surface area contributed by atoms with Crippen LogP contribution in [0.2, 0.25) is 0 Å². The molecule has 0 saturated carbocycles. The fraction of sp³-hybridized carbons (Fsp3) is 0.778. The molecular formula is C18H28Br2O8. The van der Waals surface area contributed by atoms with Gasteiger partial charge in [0.25, 0.3) is 0 Å². The fourth-order valence-electron chi connectivity index (χ4n) is 2.48. The predicted molar refractivity (Wildman–Crippen MR) is 106 cm³/mol. The predicted octanol–water partition coefficient (Wildman–Crippen LogP) is 3.31. The first-order valence-corrected chi connectivity index (χ1v) is 10.5. The highest BCUT2D eigenvalue weighted by Gasteiger charge is 2.23. The van der Waals surface area contributed by atoms with Crippen molar-refractivity contribution in [2.75, 3.05) is 14.2 Å². The number of hydrogen-bond donors (Lipinski definition) is 0. The summed E-state index contributed by atoms with van der Waals surface area (Å²) in [5.74, 6) is 0.530. The van der Waals surface area contributed by atoms with E-state index in [0.717, 1.165) is 38.5 Å². The van der Waals surface area contributed by atoms with Gasteiger partial charge in [-0.15, -0.1) is 0 Å². The molecule has 0 bridgehead atoms. The number of alkyl halides is 2. The van der Waals surface area contributed by atoms with Crippen molar-refractivity contribution >= 4 is 56.1 Å². The highest BCUT2D eigenvalue weighted by molar-refractivity contribution is 9.10. The molecule has 0 heterocycles. The molecule has 28 heavy (non-hydrogen) atoms. The number of halogens is 2. The molecule has 0 amide bonds. The number of esters is 2. The van der Waals surface area contributed by atoms with Crippen molar-refractivity contribution in [3.8, 4) is 0 Å². The molecule has 0 aromatic carbocycles. The van der Waals surface area contributed by atoms with E-state index >= 15 is 0 Å². The minimum Gasteiger partial charge on any atom is -0.468 e. The second-order valence-electron chi connectivity index (χ2n) is 5.75. The van der Waals surface area contributed by atoms with Gasteiger partial charge in [0.15, 0.2) is 0 Å². The molecule has 4 atom stereocenters. The van der Waals surface area contributed by atoms with E-state index in [1.165, 1.54) is 14.2 Å². The molecule has 162 valence electrons. The summed E-state index contributed by atoms with van der Waals surface area (Å²) in [6.45, 7) is 4.29. The summed E-state index contributed by atoms with van der Waals surface area (Å²) in [5.41, 5.74) is 0. The molecule has 0 aliphatic carbocycles. The Hall–Kier alpha value is -1.34. The molecule has 0 N–H and O–H groups in total. The quantitative estimate of drug-likeness (QED) is 0.294. The topological polar surface area (TPSA) is 121 Å². The Morgan fingerprint density at radius 1 is 0.750 bits per heavy atom. The van der Waals surface area contributed by atoms with Crippen LogP contribution >= 0.6 is 31.9 Å². The van der Waals surface area contributed by atoms with E-state index in [1.54, 1.807) is 0 Å². The van der Waals surface area contributed by atoms with Crippen LogP contribution in [0.25, 0.3) is 0 Å². The van der Waals surface area contributed by atoms with Crippen molar-refractivity contribution < 1.29 is 38.2 Å². The molecule has 0 aliphatic heterocycles. The Morgan fingerprint density at radius 3 is 1.18 bits per heavy atom. The van der Waals surface area contributed by atoms with E-state index in [4.69, 9.17) is 28.7 Å². The highest BCUT2D eigenvalue weighted by atomic mass is 79.9. The van der Waals surface area contributed by atoms with Crippen LogP contribution in [0.3, 0.4) is 0 Å². The van der Waals surface area contributed by atoms with E-state index in [9.17, 15) is 9.59 Å². The Labute approximate surface area is 182 Å². The maximum absolute atomic E-state index is 11.5. The zero-order valence-electron chi connectivity index (χ0n) is 16.6. The third-order valence-electron chi connectivity index (χ3n) is 4.13. The van der Waals surface area contributed by atoms with Crippen molar-refractivity contribution in [3.05, 3.63) is 0 Å². The first-order valence-electron chi connectivity index (χ1n) is 8.64. The van der Waals surface area contributed by atoms with Crippen LogP contribution in [0.5, 0.6) is 0 Å². The minimum atomic E-state index is -0.235. The first kappa shape index (κ1) is 31.4. The van der Waals surface area contributed by atoms with Gasteiger partial charge in [-0.05, 0) is 24.7 Å². The minimum absolute atomic E-state index is 0.211. The molecule has 0 spiro atoms. The van der Waals surface area contributed by atoms with Crippen LogP contribution in [0.1, 0.15) is 52.4 Å². The van der Waals surface area contributed by atoms with Gasteiger partial charge in [-0.2, -0.15) is 19.2 Å². The van der Waals surface area contributed by atoms with Crippen molar-refractivity contribution in [3.63, 3.8) is 0 Å². The second-order valence-corrected chi connectivity index (χ2v) is 7.96. The summed E-state index contributed by atoms with van der Waals surface area (Å²) in [4.78, 5) is 55.0. The van der Waals surface area contributed by atoms with E-state index < -0.39 is 0 Å². The average Bonchev–Trinajstić information content (AvgIpc) is 2.69. The summed E-state index contributed by atoms with van der Waals surface area (Å²) in [7, 11) is 2.82. The van der Waals surface area contributed by atoms with Crippen LogP contribution in [0.4, 0.5) is 0 Å².